The highest BCUT2D eigenvalue weighted by atomic mass is 19.4. The first-order valence-electron chi connectivity index (χ1n) is 4.74. The van der Waals surface area contributed by atoms with E-state index < -0.39 is 24.8 Å². The summed E-state index contributed by atoms with van der Waals surface area (Å²) in [6.07, 6.45) is -9.84. The number of halogens is 6. The maximum Gasteiger partial charge on any atom is 0.425 e. The van der Waals surface area contributed by atoms with Gasteiger partial charge in [0.25, 0.3) is 6.17 Å². The van der Waals surface area contributed by atoms with Gasteiger partial charge in [0.2, 0.25) is 0 Å². The van der Waals surface area contributed by atoms with Crippen LogP contribution in [0.4, 0.5) is 32.0 Å². The first-order valence-corrected chi connectivity index (χ1v) is 4.74. The molecule has 18 heavy (non-hydrogen) atoms. The Kier molecular flexibility index (Phi) is 3.98. The number of hydrogen-bond donors (Lipinski definition) is 2. The summed E-state index contributed by atoms with van der Waals surface area (Å²) in [4.78, 5) is 0. The summed E-state index contributed by atoms with van der Waals surface area (Å²) in [5.74, 6) is -4.71. The first kappa shape index (κ1) is 14.5. The fourth-order valence-electron chi connectivity index (χ4n) is 1.13. The lowest BCUT2D eigenvalue weighted by atomic mass is 10.2. The molecule has 0 saturated heterocycles. The fourth-order valence-corrected chi connectivity index (χ4v) is 1.13. The number of benzene rings is 1. The van der Waals surface area contributed by atoms with E-state index in [0.29, 0.717) is 0 Å². The number of rotatable bonds is 4. The average Bonchev–Trinajstić information content (AvgIpc) is 2.26. The molecular formula is C10H9F6NO. The van der Waals surface area contributed by atoms with E-state index in [2.05, 4.69) is 0 Å². The second kappa shape index (κ2) is 4.95. The largest absolute Gasteiger partial charge is 0.508 e. The van der Waals surface area contributed by atoms with Crippen molar-refractivity contribution >= 4 is 5.69 Å². The molecular weight excluding hydrogens is 264 g/mol. The van der Waals surface area contributed by atoms with Crippen molar-refractivity contribution < 1.29 is 31.4 Å². The Labute approximate surface area is 98.2 Å². The number of phenolic OH excluding ortho intramolecular Hbond substituents is 1. The van der Waals surface area contributed by atoms with Crippen LogP contribution in [0, 0.1) is 0 Å². The van der Waals surface area contributed by atoms with E-state index in [9.17, 15) is 26.3 Å². The van der Waals surface area contributed by atoms with Crippen LogP contribution in [-0.2, 0) is 0 Å². The number of anilines is 1. The van der Waals surface area contributed by atoms with E-state index in [1.165, 1.54) is 12.1 Å². The molecule has 1 atom stereocenters. The SMILES string of the molecule is Oc1ccc(NCC(F)(F)[C@@H](F)C(F)(F)F)cc1. The Morgan fingerprint density at radius 1 is 1.06 bits per heavy atom. The zero-order valence-corrected chi connectivity index (χ0v) is 8.81. The molecule has 0 unspecified atom stereocenters. The lowest BCUT2D eigenvalue weighted by Crippen LogP contribution is -2.46. The summed E-state index contributed by atoms with van der Waals surface area (Å²) in [5, 5.41) is 10.9. The minimum atomic E-state index is -5.61. The molecule has 0 spiro atoms. The molecule has 0 bridgehead atoms. The zero-order chi connectivity index (χ0) is 14.0. The molecule has 0 aliphatic carbocycles. The Morgan fingerprint density at radius 2 is 1.56 bits per heavy atom. The summed E-state index contributed by atoms with van der Waals surface area (Å²) < 4.78 is 73.7. The number of alkyl halides is 6. The van der Waals surface area contributed by atoms with Crippen LogP contribution in [-0.4, -0.2) is 29.9 Å². The topological polar surface area (TPSA) is 32.3 Å². The third-order valence-corrected chi connectivity index (χ3v) is 2.05. The highest BCUT2D eigenvalue weighted by Crippen LogP contribution is 2.35. The van der Waals surface area contributed by atoms with E-state index in [-0.39, 0.29) is 11.4 Å². The molecule has 102 valence electrons. The minimum absolute atomic E-state index is 0.0434. The van der Waals surface area contributed by atoms with Gasteiger partial charge in [-0.2, -0.15) is 13.2 Å². The third kappa shape index (κ3) is 3.71. The van der Waals surface area contributed by atoms with Gasteiger partial charge in [0, 0.05) is 5.69 Å². The molecule has 0 aliphatic heterocycles. The summed E-state index contributed by atoms with van der Waals surface area (Å²) in [7, 11) is 0. The number of phenols is 1. The van der Waals surface area contributed by atoms with E-state index >= 15 is 0 Å². The lowest BCUT2D eigenvalue weighted by Gasteiger charge is -2.23. The van der Waals surface area contributed by atoms with E-state index in [0.717, 1.165) is 12.1 Å². The van der Waals surface area contributed by atoms with Crippen LogP contribution in [0.3, 0.4) is 0 Å². The predicted octanol–water partition coefficient (Wildman–Crippen LogP) is 3.34. The van der Waals surface area contributed by atoms with Gasteiger partial charge in [-0.25, -0.2) is 13.2 Å². The molecule has 0 amide bonds. The van der Waals surface area contributed by atoms with Gasteiger partial charge in [-0.1, -0.05) is 0 Å². The van der Waals surface area contributed by atoms with E-state index in [1.807, 2.05) is 5.32 Å². The third-order valence-electron chi connectivity index (χ3n) is 2.05. The molecule has 0 heterocycles. The molecule has 0 fully saturated rings. The van der Waals surface area contributed by atoms with Crippen LogP contribution in [0.1, 0.15) is 0 Å². The van der Waals surface area contributed by atoms with Crippen LogP contribution < -0.4 is 5.32 Å². The van der Waals surface area contributed by atoms with E-state index in [4.69, 9.17) is 5.11 Å². The van der Waals surface area contributed by atoms with Crippen LogP contribution >= 0.6 is 0 Å². The van der Waals surface area contributed by atoms with E-state index in [1.54, 1.807) is 0 Å². The van der Waals surface area contributed by atoms with Crippen molar-refractivity contribution in [3.05, 3.63) is 24.3 Å². The minimum Gasteiger partial charge on any atom is -0.508 e. The van der Waals surface area contributed by atoms with Crippen molar-refractivity contribution in [2.75, 3.05) is 11.9 Å². The summed E-state index contributed by atoms with van der Waals surface area (Å²) >= 11 is 0. The van der Waals surface area contributed by atoms with Gasteiger partial charge < -0.3 is 10.4 Å². The monoisotopic (exact) mass is 273 g/mol. The molecule has 0 aliphatic rings. The van der Waals surface area contributed by atoms with Gasteiger partial charge in [0.15, 0.2) is 0 Å². The fraction of sp³-hybridized carbons (Fsp3) is 0.400. The maximum absolute atomic E-state index is 12.9. The van der Waals surface area contributed by atoms with Gasteiger partial charge in [0.05, 0.1) is 6.54 Å². The van der Waals surface area contributed by atoms with Crippen LogP contribution in [0.5, 0.6) is 5.75 Å². The molecule has 8 heteroatoms. The van der Waals surface area contributed by atoms with Crippen LogP contribution in [0.25, 0.3) is 0 Å². The molecule has 1 rings (SSSR count). The Hall–Kier alpha value is -1.60. The van der Waals surface area contributed by atoms with Gasteiger partial charge in [-0.3, -0.25) is 0 Å². The standard InChI is InChI=1S/C10H9F6NO/c11-8(10(14,15)16)9(12,13)5-17-6-1-3-7(18)4-2-6/h1-4,8,17-18H,5H2/t8-/m1/s1. The number of aromatic hydroxyl groups is 1. The van der Waals surface area contributed by atoms with Crippen LogP contribution in [0.15, 0.2) is 24.3 Å². The Balaban J connectivity index is 2.64. The van der Waals surface area contributed by atoms with Crippen molar-refractivity contribution in [1.82, 2.24) is 0 Å². The second-order valence-electron chi connectivity index (χ2n) is 3.57. The smallest absolute Gasteiger partial charge is 0.425 e. The van der Waals surface area contributed by atoms with Crippen molar-refractivity contribution in [2.24, 2.45) is 0 Å². The molecule has 1 aromatic carbocycles. The second-order valence-corrected chi connectivity index (χ2v) is 3.57. The molecule has 1 aromatic rings. The summed E-state index contributed by atoms with van der Waals surface area (Å²) in [6.45, 7) is -1.50. The van der Waals surface area contributed by atoms with Crippen molar-refractivity contribution in [2.45, 2.75) is 18.3 Å². The summed E-state index contributed by atoms with van der Waals surface area (Å²) in [6, 6.07) is 4.65. The zero-order valence-electron chi connectivity index (χ0n) is 8.81. The molecule has 0 saturated carbocycles. The normalized spacial score (nSPS) is 14.3. The maximum atomic E-state index is 12.9. The number of hydrogen-bond acceptors (Lipinski definition) is 2. The van der Waals surface area contributed by atoms with Gasteiger partial charge in [-0.05, 0) is 24.3 Å². The van der Waals surface area contributed by atoms with Crippen molar-refractivity contribution in [1.29, 1.82) is 0 Å². The molecule has 0 radical (unpaired) electrons. The molecule has 2 nitrogen and oxygen atoms in total. The van der Waals surface area contributed by atoms with Crippen molar-refractivity contribution in [3.63, 3.8) is 0 Å². The highest BCUT2D eigenvalue weighted by Gasteiger charge is 2.56. The number of nitrogens with one attached hydrogen (secondary N) is 1. The molecule has 2 N–H and O–H groups in total. The Bertz CT molecular complexity index is 388. The summed E-state index contributed by atoms with van der Waals surface area (Å²) in [5.41, 5.74) is 0.0434. The van der Waals surface area contributed by atoms with Crippen LogP contribution in [0.2, 0.25) is 0 Å². The quantitative estimate of drug-likeness (QED) is 0.651. The highest BCUT2D eigenvalue weighted by molar-refractivity contribution is 5.46. The Morgan fingerprint density at radius 3 is 2.00 bits per heavy atom. The molecule has 0 aromatic heterocycles. The van der Waals surface area contributed by atoms with Gasteiger partial charge in [0.1, 0.15) is 5.75 Å². The van der Waals surface area contributed by atoms with Gasteiger partial charge in [-0.15, -0.1) is 0 Å². The lowest BCUT2D eigenvalue weighted by molar-refractivity contribution is -0.240. The van der Waals surface area contributed by atoms with Gasteiger partial charge >= 0.3 is 12.1 Å². The average molecular weight is 273 g/mol. The predicted molar refractivity (Wildman–Crippen MR) is 52.5 cm³/mol. The van der Waals surface area contributed by atoms with Crippen molar-refractivity contribution in [3.8, 4) is 5.75 Å². The first-order chi connectivity index (χ1) is 8.13.